The molecule has 32 heavy (non-hydrogen) atoms. The minimum absolute atomic E-state index is 0.0560. The van der Waals surface area contributed by atoms with Gasteiger partial charge >= 0.3 is 6.01 Å². The number of benzene rings is 2. The Labute approximate surface area is 192 Å². The average molecular weight is 452 g/mol. The number of piperidine rings is 1. The van der Waals surface area contributed by atoms with Gasteiger partial charge in [0.15, 0.2) is 0 Å². The van der Waals surface area contributed by atoms with Crippen molar-refractivity contribution in [3.63, 3.8) is 0 Å². The van der Waals surface area contributed by atoms with Gasteiger partial charge in [-0.15, -0.1) is 0 Å². The van der Waals surface area contributed by atoms with Crippen LogP contribution in [0.15, 0.2) is 59.1 Å². The smallest absolute Gasteiger partial charge is 0.324 e. The standard InChI is InChI=1S/C24H26ClN5O2/c25-20-7-4-8-21(17-20)28-13-15-29(16-14-28)23(31)19-9-11-30(12-10-19)24-26-22(27-32-24)18-5-2-1-3-6-18/h1-8,17,19H,9-16H2. The van der Waals surface area contributed by atoms with Crippen molar-refractivity contribution in [2.75, 3.05) is 49.1 Å². The highest BCUT2D eigenvalue weighted by molar-refractivity contribution is 6.30. The average Bonchev–Trinajstić information content (AvgIpc) is 3.35. The van der Waals surface area contributed by atoms with Crippen LogP contribution in [0.5, 0.6) is 0 Å². The van der Waals surface area contributed by atoms with Crippen molar-refractivity contribution in [3.8, 4) is 11.4 Å². The van der Waals surface area contributed by atoms with E-state index in [9.17, 15) is 4.79 Å². The molecule has 8 heteroatoms. The van der Waals surface area contributed by atoms with Crippen molar-refractivity contribution in [3.05, 3.63) is 59.6 Å². The van der Waals surface area contributed by atoms with Crippen LogP contribution in [-0.4, -0.2) is 60.2 Å². The number of carbonyl (C=O) groups is 1. The summed E-state index contributed by atoms with van der Waals surface area (Å²) in [4.78, 5) is 24.0. The van der Waals surface area contributed by atoms with Crippen LogP contribution in [-0.2, 0) is 4.79 Å². The lowest BCUT2D eigenvalue weighted by Gasteiger charge is -2.39. The molecule has 3 aromatic rings. The minimum atomic E-state index is 0.0560. The van der Waals surface area contributed by atoms with Gasteiger partial charge in [0.2, 0.25) is 11.7 Å². The van der Waals surface area contributed by atoms with E-state index in [0.717, 1.165) is 68.4 Å². The quantitative estimate of drug-likeness (QED) is 0.598. The monoisotopic (exact) mass is 451 g/mol. The van der Waals surface area contributed by atoms with Gasteiger partial charge in [-0.05, 0) is 31.0 Å². The number of anilines is 2. The summed E-state index contributed by atoms with van der Waals surface area (Å²) in [6.07, 6.45) is 1.60. The number of carbonyl (C=O) groups excluding carboxylic acids is 1. The fourth-order valence-electron chi connectivity index (χ4n) is 4.48. The first kappa shape index (κ1) is 20.8. The number of nitrogens with zero attached hydrogens (tertiary/aromatic N) is 5. The Bertz CT molecular complexity index is 1060. The number of halogens is 1. The first-order chi connectivity index (χ1) is 15.7. The summed E-state index contributed by atoms with van der Waals surface area (Å²) in [6, 6.07) is 18.2. The van der Waals surface area contributed by atoms with Gasteiger partial charge in [-0.2, -0.15) is 4.98 Å². The van der Waals surface area contributed by atoms with Crippen LogP contribution in [0.3, 0.4) is 0 Å². The maximum atomic E-state index is 13.1. The number of aromatic nitrogens is 2. The Morgan fingerprint density at radius 2 is 1.66 bits per heavy atom. The number of piperazine rings is 1. The van der Waals surface area contributed by atoms with E-state index in [1.165, 1.54) is 0 Å². The fourth-order valence-corrected chi connectivity index (χ4v) is 4.67. The summed E-state index contributed by atoms with van der Waals surface area (Å²) in [5, 5.41) is 4.85. The van der Waals surface area contributed by atoms with Crippen LogP contribution in [0, 0.1) is 5.92 Å². The molecule has 2 aliphatic heterocycles. The van der Waals surface area contributed by atoms with Crippen LogP contribution < -0.4 is 9.80 Å². The number of hydrogen-bond donors (Lipinski definition) is 0. The maximum Gasteiger partial charge on any atom is 0.324 e. The van der Waals surface area contributed by atoms with Gasteiger partial charge < -0.3 is 19.2 Å². The van der Waals surface area contributed by atoms with Crippen molar-refractivity contribution in [2.24, 2.45) is 5.92 Å². The van der Waals surface area contributed by atoms with Crippen molar-refractivity contribution < 1.29 is 9.32 Å². The molecule has 0 aliphatic carbocycles. The lowest BCUT2D eigenvalue weighted by atomic mass is 9.95. The minimum Gasteiger partial charge on any atom is -0.368 e. The molecule has 2 fully saturated rings. The Hall–Kier alpha value is -3.06. The molecular weight excluding hydrogens is 426 g/mol. The molecule has 1 amide bonds. The van der Waals surface area contributed by atoms with E-state index >= 15 is 0 Å². The van der Waals surface area contributed by atoms with E-state index in [-0.39, 0.29) is 11.8 Å². The van der Waals surface area contributed by atoms with Crippen LogP contribution in [0.2, 0.25) is 5.02 Å². The predicted molar refractivity (Wildman–Crippen MR) is 125 cm³/mol. The second-order valence-corrected chi connectivity index (χ2v) is 8.76. The van der Waals surface area contributed by atoms with E-state index < -0.39 is 0 Å². The molecule has 3 heterocycles. The van der Waals surface area contributed by atoms with Gasteiger partial charge in [0.25, 0.3) is 0 Å². The second kappa shape index (κ2) is 9.20. The zero-order valence-corrected chi connectivity index (χ0v) is 18.6. The molecule has 0 N–H and O–H groups in total. The Kier molecular flexibility index (Phi) is 5.99. The van der Waals surface area contributed by atoms with E-state index in [1.54, 1.807) is 0 Å². The highest BCUT2D eigenvalue weighted by atomic mass is 35.5. The molecule has 0 spiro atoms. The lowest BCUT2D eigenvalue weighted by molar-refractivity contribution is -0.136. The van der Waals surface area contributed by atoms with E-state index in [0.29, 0.717) is 11.8 Å². The molecule has 0 radical (unpaired) electrons. The third kappa shape index (κ3) is 4.43. The number of hydrogen-bond acceptors (Lipinski definition) is 6. The second-order valence-electron chi connectivity index (χ2n) is 8.32. The zero-order valence-electron chi connectivity index (χ0n) is 17.9. The van der Waals surface area contributed by atoms with Gasteiger partial charge in [0.05, 0.1) is 0 Å². The Morgan fingerprint density at radius 1 is 0.906 bits per heavy atom. The summed E-state index contributed by atoms with van der Waals surface area (Å²) >= 11 is 6.12. The van der Waals surface area contributed by atoms with Gasteiger partial charge in [0.1, 0.15) is 0 Å². The molecule has 0 unspecified atom stereocenters. The molecule has 2 aliphatic rings. The first-order valence-corrected chi connectivity index (χ1v) is 11.5. The van der Waals surface area contributed by atoms with Crippen molar-refractivity contribution in [2.45, 2.75) is 12.8 Å². The van der Waals surface area contributed by atoms with Gasteiger partial charge in [0, 0.05) is 61.5 Å². The van der Waals surface area contributed by atoms with Gasteiger partial charge in [-0.25, -0.2) is 0 Å². The zero-order chi connectivity index (χ0) is 21.9. The van der Waals surface area contributed by atoms with Crippen LogP contribution >= 0.6 is 11.6 Å². The van der Waals surface area contributed by atoms with Gasteiger partial charge in [-0.3, -0.25) is 4.79 Å². The topological polar surface area (TPSA) is 65.7 Å². The molecule has 0 saturated carbocycles. The fraction of sp³-hybridized carbons (Fsp3) is 0.375. The normalized spacial score (nSPS) is 17.6. The summed E-state index contributed by atoms with van der Waals surface area (Å²) < 4.78 is 5.49. The molecule has 0 atom stereocenters. The van der Waals surface area contributed by atoms with Crippen molar-refractivity contribution >= 4 is 29.2 Å². The Morgan fingerprint density at radius 3 is 2.38 bits per heavy atom. The number of amides is 1. The van der Waals surface area contributed by atoms with E-state index in [2.05, 4.69) is 26.0 Å². The highest BCUT2D eigenvalue weighted by Crippen LogP contribution is 2.27. The largest absolute Gasteiger partial charge is 0.368 e. The van der Waals surface area contributed by atoms with E-state index in [4.69, 9.17) is 16.1 Å². The van der Waals surface area contributed by atoms with Crippen LogP contribution in [0.1, 0.15) is 12.8 Å². The third-order valence-electron chi connectivity index (χ3n) is 6.33. The van der Waals surface area contributed by atoms with E-state index in [1.807, 2.05) is 53.4 Å². The molecule has 0 bridgehead atoms. The number of rotatable bonds is 4. The predicted octanol–water partition coefficient (Wildman–Crippen LogP) is 3.96. The van der Waals surface area contributed by atoms with Crippen molar-refractivity contribution in [1.29, 1.82) is 0 Å². The molecule has 166 valence electrons. The maximum absolute atomic E-state index is 13.1. The molecule has 2 saturated heterocycles. The Balaban J connectivity index is 1.13. The molecule has 5 rings (SSSR count). The van der Waals surface area contributed by atoms with Crippen LogP contribution in [0.25, 0.3) is 11.4 Å². The summed E-state index contributed by atoms with van der Waals surface area (Å²) in [5.41, 5.74) is 2.05. The van der Waals surface area contributed by atoms with Gasteiger partial charge in [-0.1, -0.05) is 53.2 Å². The molecule has 2 aromatic carbocycles. The third-order valence-corrected chi connectivity index (χ3v) is 6.56. The molecular formula is C24H26ClN5O2. The first-order valence-electron chi connectivity index (χ1n) is 11.1. The summed E-state index contributed by atoms with van der Waals surface area (Å²) in [5.74, 6) is 0.919. The SMILES string of the molecule is O=C(C1CCN(c2nc(-c3ccccc3)no2)CC1)N1CCN(c2cccc(Cl)c2)CC1. The molecule has 7 nitrogen and oxygen atoms in total. The van der Waals surface area contributed by atoms with Crippen LogP contribution in [0.4, 0.5) is 11.7 Å². The lowest BCUT2D eigenvalue weighted by Crippen LogP contribution is -2.51. The molecule has 1 aromatic heterocycles. The summed E-state index contributed by atoms with van der Waals surface area (Å²) in [7, 11) is 0. The highest BCUT2D eigenvalue weighted by Gasteiger charge is 2.32. The summed E-state index contributed by atoms with van der Waals surface area (Å²) in [6.45, 7) is 4.64. The van der Waals surface area contributed by atoms with Crippen molar-refractivity contribution in [1.82, 2.24) is 15.0 Å².